The summed E-state index contributed by atoms with van der Waals surface area (Å²) in [4.78, 5) is 2.04. The number of nitrogens with zero attached hydrogens (tertiary/aromatic N) is 5. The third-order valence-electron chi connectivity index (χ3n) is 6.68. The predicted octanol–water partition coefficient (Wildman–Crippen LogP) is -0.339. The number of likely N-dealkylation sites (N-methyl/N-ethyl adjacent to an activating group) is 1. The third kappa shape index (κ3) is 10.1. The summed E-state index contributed by atoms with van der Waals surface area (Å²) in [6.07, 6.45) is 6.51. The van der Waals surface area contributed by atoms with Gasteiger partial charge in [-0.1, -0.05) is 17.3 Å². The van der Waals surface area contributed by atoms with E-state index < -0.39 is 22.4 Å². The SMILES string of the molecule is C[C@@H]1C[C@H](N(C)CCc2cn(CCCCc3ccc(N(N)/C=C(\N)CNS(C)(=O)=O)cc3)nn2)[C@@H](O)[C@H](O)O1. The van der Waals surface area contributed by atoms with Gasteiger partial charge in [0.2, 0.25) is 10.0 Å². The van der Waals surface area contributed by atoms with E-state index in [1.54, 1.807) is 0 Å². The van der Waals surface area contributed by atoms with E-state index in [2.05, 4.69) is 15.0 Å². The van der Waals surface area contributed by atoms with Crippen molar-refractivity contribution in [1.29, 1.82) is 0 Å². The molecule has 0 spiro atoms. The highest BCUT2D eigenvalue weighted by atomic mass is 32.2. The molecule has 1 aromatic heterocycles. The van der Waals surface area contributed by atoms with Crippen LogP contribution in [0.25, 0.3) is 0 Å². The molecule has 2 aromatic rings. The molecule has 0 radical (unpaired) electrons. The van der Waals surface area contributed by atoms with Gasteiger partial charge in [-0.05, 0) is 57.4 Å². The Labute approximate surface area is 230 Å². The molecule has 218 valence electrons. The van der Waals surface area contributed by atoms with Crippen molar-refractivity contribution in [2.24, 2.45) is 11.6 Å². The molecule has 3 rings (SSSR count). The van der Waals surface area contributed by atoms with E-state index in [0.717, 1.165) is 43.4 Å². The average Bonchev–Trinajstić information content (AvgIpc) is 3.33. The zero-order valence-corrected chi connectivity index (χ0v) is 23.7. The first-order valence-corrected chi connectivity index (χ1v) is 14.9. The lowest BCUT2D eigenvalue weighted by Gasteiger charge is -2.40. The summed E-state index contributed by atoms with van der Waals surface area (Å²) >= 11 is 0. The second-order valence-electron chi connectivity index (χ2n) is 10.2. The van der Waals surface area contributed by atoms with Crippen LogP contribution >= 0.6 is 0 Å². The molecular weight excluding hydrogens is 524 g/mol. The second-order valence-corrected chi connectivity index (χ2v) is 12.0. The molecule has 0 bridgehead atoms. The number of sulfonamides is 1. The van der Waals surface area contributed by atoms with Crippen molar-refractivity contribution in [3.05, 3.63) is 53.6 Å². The second kappa shape index (κ2) is 14.2. The van der Waals surface area contributed by atoms with Gasteiger partial charge in [0.1, 0.15) is 6.10 Å². The highest BCUT2D eigenvalue weighted by molar-refractivity contribution is 7.88. The van der Waals surface area contributed by atoms with Crippen molar-refractivity contribution in [2.45, 2.75) is 70.1 Å². The number of benzene rings is 1. The van der Waals surface area contributed by atoms with E-state index in [9.17, 15) is 18.6 Å². The first kappa shape index (κ1) is 30.9. The normalized spacial score (nSPS) is 22.4. The standard InChI is InChI=1S/C25H42N8O5S/c1-18-14-23(24(34)25(35)38-18)31(2)13-11-21-17-32(30-29-21)12-5-4-6-19-7-9-22(10-8-19)33(27)16-20(26)15-28-39(3,36)37/h7-10,16-18,23-25,28,34-35H,4-6,11-15,26-27H2,1-3H3/b20-16-/t18-,23+,24-,25-/m1/s1. The number of hydrogen-bond acceptors (Lipinski definition) is 11. The number of aliphatic hydroxyl groups excluding tert-OH is 2. The topological polar surface area (TPSA) is 185 Å². The van der Waals surface area contributed by atoms with E-state index in [1.807, 2.05) is 54.0 Å². The van der Waals surface area contributed by atoms with Crippen LogP contribution in [0.4, 0.5) is 5.69 Å². The number of rotatable bonds is 14. The van der Waals surface area contributed by atoms with Gasteiger partial charge in [-0.25, -0.2) is 19.0 Å². The van der Waals surface area contributed by atoms with Crippen LogP contribution in [0.5, 0.6) is 0 Å². The number of ether oxygens (including phenoxy) is 1. The Balaban J connectivity index is 1.37. The van der Waals surface area contributed by atoms with Crippen molar-refractivity contribution < 1.29 is 23.4 Å². The number of aliphatic hydroxyl groups is 2. The summed E-state index contributed by atoms with van der Waals surface area (Å²) in [7, 11) is -1.39. The summed E-state index contributed by atoms with van der Waals surface area (Å²) in [6.45, 7) is 3.34. The quantitative estimate of drug-likeness (QED) is 0.114. The molecule has 7 N–H and O–H groups in total. The minimum Gasteiger partial charge on any atom is -0.400 e. The van der Waals surface area contributed by atoms with Crippen LogP contribution < -0.4 is 21.3 Å². The van der Waals surface area contributed by atoms with Crippen LogP contribution in [0, 0.1) is 0 Å². The molecule has 0 aliphatic carbocycles. The van der Waals surface area contributed by atoms with Crippen LogP contribution in [-0.4, -0.2) is 89.5 Å². The third-order valence-corrected chi connectivity index (χ3v) is 7.35. The molecule has 1 aliphatic heterocycles. The monoisotopic (exact) mass is 566 g/mol. The summed E-state index contributed by atoms with van der Waals surface area (Å²) in [6, 6.07) is 7.63. The van der Waals surface area contributed by atoms with Gasteiger partial charge in [-0.3, -0.25) is 9.69 Å². The number of hydrazine groups is 1. The van der Waals surface area contributed by atoms with Crippen molar-refractivity contribution in [3.8, 4) is 0 Å². The minimum absolute atomic E-state index is 0.0142. The fourth-order valence-electron chi connectivity index (χ4n) is 4.45. The lowest BCUT2D eigenvalue weighted by atomic mass is 9.99. The fourth-order valence-corrected chi connectivity index (χ4v) is 4.88. The molecule has 13 nitrogen and oxygen atoms in total. The van der Waals surface area contributed by atoms with Gasteiger partial charge in [-0.15, -0.1) is 5.10 Å². The van der Waals surface area contributed by atoms with Gasteiger partial charge < -0.3 is 25.6 Å². The summed E-state index contributed by atoms with van der Waals surface area (Å²) in [5.41, 5.74) is 8.93. The largest absolute Gasteiger partial charge is 0.400 e. The lowest BCUT2D eigenvalue weighted by molar-refractivity contribution is -0.231. The highest BCUT2D eigenvalue weighted by Crippen LogP contribution is 2.22. The van der Waals surface area contributed by atoms with E-state index in [-0.39, 0.29) is 18.7 Å². The number of aromatic nitrogens is 3. The lowest BCUT2D eigenvalue weighted by Crippen LogP contribution is -2.54. The maximum atomic E-state index is 11.2. The van der Waals surface area contributed by atoms with Crippen molar-refractivity contribution >= 4 is 15.7 Å². The molecule has 14 heteroatoms. The van der Waals surface area contributed by atoms with Gasteiger partial charge in [0.25, 0.3) is 0 Å². The van der Waals surface area contributed by atoms with Gasteiger partial charge in [0.15, 0.2) is 6.29 Å². The Morgan fingerprint density at radius 1 is 1.26 bits per heavy atom. The molecule has 1 saturated heterocycles. The molecule has 4 atom stereocenters. The first-order chi connectivity index (χ1) is 18.4. The number of hydrogen-bond donors (Lipinski definition) is 5. The van der Waals surface area contributed by atoms with Crippen LogP contribution in [0.1, 0.15) is 37.4 Å². The Morgan fingerprint density at radius 3 is 2.67 bits per heavy atom. The van der Waals surface area contributed by atoms with Gasteiger partial charge >= 0.3 is 0 Å². The Morgan fingerprint density at radius 2 is 1.97 bits per heavy atom. The minimum atomic E-state index is -3.33. The molecule has 39 heavy (non-hydrogen) atoms. The molecular formula is C25H42N8O5S. The number of aryl methyl sites for hydroxylation is 2. The van der Waals surface area contributed by atoms with E-state index >= 15 is 0 Å². The zero-order valence-electron chi connectivity index (χ0n) is 22.8. The number of nitrogens with one attached hydrogen (secondary N) is 1. The molecule has 1 aromatic carbocycles. The van der Waals surface area contributed by atoms with Crippen LogP contribution in [-0.2, 0) is 34.1 Å². The molecule has 2 heterocycles. The summed E-state index contributed by atoms with van der Waals surface area (Å²) in [5.74, 6) is 6.02. The van der Waals surface area contributed by atoms with Crippen LogP contribution in [0.3, 0.4) is 0 Å². The number of nitrogens with two attached hydrogens (primary N) is 2. The maximum absolute atomic E-state index is 11.2. The first-order valence-electron chi connectivity index (χ1n) is 13.1. The fraction of sp³-hybridized carbons (Fsp3) is 0.600. The molecule has 0 amide bonds. The molecule has 1 fully saturated rings. The van der Waals surface area contributed by atoms with Gasteiger partial charge in [0.05, 0.1) is 30.3 Å². The Kier molecular flexibility index (Phi) is 11.2. The van der Waals surface area contributed by atoms with Crippen molar-refractivity contribution in [3.63, 3.8) is 0 Å². The van der Waals surface area contributed by atoms with Crippen molar-refractivity contribution in [2.75, 3.05) is 31.4 Å². The van der Waals surface area contributed by atoms with Gasteiger partial charge in [-0.2, -0.15) is 0 Å². The molecule has 1 aliphatic rings. The van der Waals surface area contributed by atoms with Crippen LogP contribution in [0.2, 0.25) is 0 Å². The van der Waals surface area contributed by atoms with Gasteiger partial charge in [0, 0.05) is 43.6 Å². The smallest absolute Gasteiger partial charge is 0.209 e. The van der Waals surface area contributed by atoms with E-state index in [1.165, 1.54) is 16.8 Å². The van der Waals surface area contributed by atoms with Crippen molar-refractivity contribution in [1.82, 2.24) is 24.6 Å². The average molecular weight is 567 g/mol. The van der Waals surface area contributed by atoms with E-state index in [4.69, 9.17) is 16.3 Å². The Hall–Kier alpha value is -2.59. The number of unbranched alkanes of at least 4 members (excludes halogenated alkanes) is 1. The highest BCUT2D eigenvalue weighted by Gasteiger charge is 2.37. The molecule has 0 unspecified atom stereocenters. The van der Waals surface area contributed by atoms with E-state index in [0.29, 0.717) is 25.1 Å². The number of anilines is 1. The predicted molar refractivity (Wildman–Crippen MR) is 148 cm³/mol. The Bertz CT molecular complexity index is 1170. The van der Waals surface area contributed by atoms with Crippen LogP contribution in [0.15, 0.2) is 42.4 Å². The maximum Gasteiger partial charge on any atom is 0.209 e. The molecule has 0 saturated carbocycles. The summed E-state index contributed by atoms with van der Waals surface area (Å²) in [5, 5.41) is 30.0. The zero-order chi connectivity index (χ0) is 28.6. The summed E-state index contributed by atoms with van der Waals surface area (Å²) < 4.78 is 31.8.